The van der Waals surface area contributed by atoms with Gasteiger partial charge in [0, 0.05) is 25.7 Å². The van der Waals surface area contributed by atoms with Gasteiger partial charge in [-0.3, -0.25) is 0 Å². The van der Waals surface area contributed by atoms with Crippen LogP contribution in [-0.4, -0.2) is 22.7 Å². The number of aryl methyl sites for hydroxylation is 2. The van der Waals surface area contributed by atoms with Crippen molar-refractivity contribution in [2.45, 2.75) is 39.9 Å². The maximum atomic E-state index is 11.8. The van der Waals surface area contributed by atoms with Gasteiger partial charge in [-0.15, -0.1) is 0 Å². The summed E-state index contributed by atoms with van der Waals surface area (Å²) in [7, 11) is 0. The van der Waals surface area contributed by atoms with E-state index in [-0.39, 0.29) is 5.57 Å². The van der Waals surface area contributed by atoms with Crippen LogP contribution in [0.15, 0.2) is 23.9 Å². The summed E-state index contributed by atoms with van der Waals surface area (Å²) in [5.74, 6) is -2.05. The molecule has 6 nitrogen and oxygen atoms in total. The van der Waals surface area contributed by atoms with E-state index in [0.29, 0.717) is 5.82 Å². The Bertz CT molecular complexity index is 598. The summed E-state index contributed by atoms with van der Waals surface area (Å²) in [5.41, 5.74) is 1.64. The zero-order chi connectivity index (χ0) is 15.6. The van der Waals surface area contributed by atoms with Crippen molar-refractivity contribution >= 4 is 17.8 Å². The van der Waals surface area contributed by atoms with Crippen molar-refractivity contribution in [3.8, 4) is 0 Å². The molecule has 1 aliphatic rings. The Labute approximate surface area is 123 Å². The number of rotatable bonds is 3. The third kappa shape index (κ3) is 3.39. The average Bonchev–Trinajstić information content (AvgIpc) is 2.36. The fourth-order valence-corrected chi connectivity index (χ4v) is 1.91. The Kier molecular flexibility index (Phi) is 3.97. The number of pyridine rings is 1. The molecule has 1 aromatic rings. The van der Waals surface area contributed by atoms with Crippen molar-refractivity contribution in [2.75, 3.05) is 5.32 Å². The number of carbonyl (C=O) groups excluding carboxylic acids is 2. The molecule has 1 saturated heterocycles. The molecular weight excluding hydrogens is 272 g/mol. The highest BCUT2D eigenvalue weighted by molar-refractivity contribution is 6.15. The van der Waals surface area contributed by atoms with Gasteiger partial charge >= 0.3 is 11.9 Å². The SMILES string of the molecule is CCc1ccc(C)nc1NC=C1C(=O)OC(C)(C)OC1=O. The van der Waals surface area contributed by atoms with E-state index in [0.717, 1.165) is 17.7 Å². The number of nitrogens with one attached hydrogen (secondary N) is 1. The minimum Gasteiger partial charge on any atom is -0.419 e. The van der Waals surface area contributed by atoms with Gasteiger partial charge in [0.2, 0.25) is 0 Å². The summed E-state index contributed by atoms with van der Waals surface area (Å²) in [6.45, 7) is 6.87. The Morgan fingerprint density at radius 2 is 1.86 bits per heavy atom. The monoisotopic (exact) mass is 290 g/mol. The molecule has 0 amide bonds. The van der Waals surface area contributed by atoms with E-state index in [2.05, 4.69) is 10.3 Å². The van der Waals surface area contributed by atoms with Crippen LogP contribution in [0.3, 0.4) is 0 Å². The quantitative estimate of drug-likeness (QED) is 0.522. The molecule has 0 bridgehead atoms. The lowest BCUT2D eigenvalue weighted by Gasteiger charge is -2.29. The second kappa shape index (κ2) is 5.55. The predicted molar refractivity (Wildman–Crippen MR) is 76.3 cm³/mol. The molecule has 1 fully saturated rings. The Morgan fingerprint density at radius 3 is 2.43 bits per heavy atom. The molecule has 2 heterocycles. The highest BCUT2D eigenvalue weighted by atomic mass is 16.7. The molecule has 0 saturated carbocycles. The van der Waals surface area contributed by atoms with Crippen LogP contribution in [0.5, 0.6) is 0 Å². The van der Waals surface area contributed by atoms with Crippen LogP contribution < -0.4 is 5.32 Å². The van der Waals surface area contributed by atoms with Crippen molar-refractivity contribution in [2.24, 2.45) is 0 Å². The molecule has 112 valence electrons. The number of nitrogens with zero attached hydrogens (tertiary/aromatic N) is 1. The van der Waals surface area contributed by atoms with Gasteiger partial charge in [0.05, 0.1) is 0 Å². The molecule has 0 atom stereocenters. The normalized spacial score (nSPS) is 17.0. The number of esters is 2. The van der Waals surface area contributed by atoms with E-state index in [1.54, 1.807) is 0 Å². The molecule has 6 heteroatoms. The van der Waals surface area contributed by atoms with E-state index in [4.69, 9.17) is 9.47 Å². The summed E-state index contributed by atoms with van der Waals surface area (Å²) in [4.78, 5) is 28.0. The summed E-state index contributed by atoms with van der Waals surface area (Å²) < 4.78 is 10.0. The van der Waals surface area contributed by atoms with Crippen LogP contribution in [0.1, 0.15) is 32.0 Å². The molecule has 0 aliphatic carbocycles. The van der Waals surface area contributed by atoms with Crippen LogP contribution >= 0.6 is 0 Å². The third-order valence-electron chi connectivity index (χ3n) is 2.97. The number of anilines is 1. The highest BCUT2D eigenvalue weighted by Crippen LogP contribution is 2.23. The predicted octanol–water partition coefficient (Wildman–Crippen LogP) is 2.08. The van der Waals surface area contributed by atoms with E-state index >= 15 is 0 Å². The van der Waals surface area contributed by atoms with E-state index in [9.17, 15) is 9.59 Å². The number of hydrogen-bond donors (Lipinski definition) is 1. The molecule has 0 radical (unpaired) electrons. The van der Waals surface area contributed by atoms with Crippen LogP contribution in [0.4, 0.5) is 5.82 Å². The molecule has 0 unspecified atom stereocenters. The van der Waals surface area contributed by atoms with E-state index < -0.39 is 17.7 Å². The zero-order valence-corrected chi connectivity index (χ0v) is 12.5. The molecule has 1 aromatic heterocycles. The lowest BCUT2D eigenvalue weighted by Crippen LogP contribution is -2.42. The van der Waals surface area contributed by atoms with E-state index in [1.807, 2.05) is 26.0 Å². The largest absolute Gasteiger partial charge is 0.419 e. The van der Waals surface area contributed by atoms with Crippen molar-refractivity contribution in [3.63, 3.8) is 0 Å². The Hall–Kier alpha value is -2.37. The lowest BCUT2D eigenvalue weighted by atomic mass is 10.2. The topological polar surface area (TPSA) is 77.5 Å². The average molecular weight is 290 g/mol. The molecule has 0 spiro atoms. The molecular formula is C15H18N2O4. The first-order valence-electron chi connectivity index (χ1n) is 6.72. The number of carbonyl (C=O) groups is 2. The van der Waals surface area contributed by atoms with Crippen molar-refractivity contribution in [1.29, 1.82) is 0 Å². The van der Waals surface area contributed by atoms with Gasteiger partial charge in [-0.05, 0) is 25.0 Å². The Balaban J connectivity index is 2.23. The third-order valence-corrected chi connectivity index (χ3v) is 2.97. The van der Waals surface area contributed by atoms with Crippen LogP contribution in [0.25, 0.3) is 0 Å². The standard InChI is InChI=1S/C15H18N2O4/c1-5-10-7-6-9(2)17-12(10)16-8-11-13(18)20-15(3,4)21-14(11)19/h6-8H,5H2,1-4H3,(H,16,17). The van der Waals surface area contributed by atoms with E-state index in [1.165, 1.54) is 20.0 Å². The van der Waals surface area contributed by atoms with Crippen LogP contribution in [-0.2, 0) is 25.5 Å². The maximum absolute atomic E-state index is 11.8. The number of cyclic esters (lactones) is 2. The first-order valence-corrected chi connectivity index (χ1v) is 6.72. The summed E-state index contributed by atoms with van der Waals surface area (Å²) in [5, 5.41) is 2.89. The van der Waals surface area contributed by atoms with Crippen molar-refractivity contribution in [3.05, 3.63) is 35.2 Å². The van der Waals surface area contributed by atoms with Gasteiger partial charge in [-0.25, -0.2) is 14.6 Å². The van der Waals surface area contributed by atoms with Gasteiger partial charge in [-0.2, -0.15) is 0 Å². The summed E-state index contributed by atoms with van der Waals surface area (Å²) in [6, 6.07) is 3.85. The molecule has 2 rings (SSSR count). The smallest absolute Gasteiger partial charge is 0.350 e. The highest BCUT2D eigenvalue weighted by Gasteiger charge is 2.38. The van der Waals surface area contributed by atoms with Gasteiger partial charge in [0.1, 0.15) is 5.82 Å². The minimum absolute atomic E-state index is 0.181. The fraction of sp³-hybridized carbons (Fsp3) is 0.400. The minimum atomic E-state index is -1.23. The van der Waals surface area contributed by atoms with Gasteiger partial charge in [0.15, 0.2) is 5.57 Å². The molecule has 1 N–H and O–H groups in total. The zero-order valence-electron chi connectivity index (χ0n) is 12.5. The van der Waals surface area contributed by atoms with Crippen molar-refractivity contribution in [1.82, 2.24) is 4.98 Å². The number of ether oxygens (including phenoxy) is 2. The maximum Gasteiger partial charge on any atom is 0.350 e. The first-order chi connectivity index (χ1) is 9.82. The van der Waals surface area contributed by atoms with Crippen molar-refractivity contribution < 1.29 is 19.1 Å². The second-order valence-electron chi connectivity index (χ2n) is 5.20. The van der Waals surface area contributed by atoms with Gasteiger partial charge < -0.3 is 14.8 Å². The lowest BCUT2D eigenvalue weighted by molar-refractivity contribution is -0.222. The fourth-order valence-electron chi connectivity index (χ4n) is 1.91. The van der Waals surface area contributed by atoms with Crippen LogP contribution in [0, 0.1) is 6.92 Å². The Morgan fingerprint density at radius 1 is 1.24 bits per heavy atom. The summed E-state index contributed by atoms with van der Waals surface area (Å²) >= 11 is 0. The van der Waals surface area contributed by atoms with Gasteiger partial charge in [-0.1, -0.05) is 13.0 Å². The number of hydrogen-bond acceptors (Lipinski definition) is 6. The van der Waals surface area contributed by atoms with Gasteiger partial charge in [0.25, 0.3) is 5.79 Å². The molecule has 1 aliphatic heterocycles. The first kappa shape index (κ1) is 15.0. The second-order valence-corrected chi connectivity index (χ2v) is 5.20. The summed E-state index contributed by atoms with van der Waals surface area (Å²) in [6.07, 6.45) is 2.06. The molecule has 0 aromatic carbocycles. The van der Waals surface area contributed by atoms with Crippen LogP contribution in [0.2, 0.25) is 0 Å². The molecule has 21 heavy (non-hydrogen) atoms. The number of aromatic nitrogens is 1.